The second-order valence-corrected chi connectivity index (χ2v) is 4.56. The van der Waals surface area contributed by atoms with E-state index >= 15 is 0 Å². The van der Waals surface area contributed by atoms with Crippen molar-refractivity contribution in [2.24, 2.45) is 0 Å². The summed E-state index contributed by atoms with van der Waals surface area (Å²) in [5.74, 6) is 0. The third kappa shape index (κ3) is 4.51. The summed E-state index contributed by atoms with van der Waals surface area (Å²) in [7, 11) is -0.502. The first kappa shape index (κ1) is 9.64. The number of hydrogen-bond acceptors (Lipinski definition) is 1. The Labute approximate surface area is 64.1 Å². The van der Waals surface area contributed by atoms with Gasteiger partial charge in [0, 0.05) is 6.42 Å². The van der Waals surface area contributed by atoms with E-state index in [1.165, 1.54) is 0 Å². The molecular weight excluding hydrogens is 145 g/mol. The van der Waals surface area contributed by atoms with Gasteiger partial charge >= 0.3 is 0 Å². The molecule has 0 rings (SSSR count). The zero-order valence-electron chi connectivity index (χ0n) is 6.44. The first-order chi connectivity index (χ1) is 4.85. The van der Waals surface area contributed by atoms with Crippen LogP contribution in [-0.2, 0) is 0 Å². The maximum absolute atomic E-state index is 11.8. The molecule has 0 aromatic rings. The van der Waals surface area contributed by atoms with Crippen LogP contribution in [-0.4, -0.2) is 15.8 Å². The highest BCUT2D eigenvalue weighted by Crippen LogP contribution is 2.15. The molecule has 10 heavy (non-hydrogen) atoms. The number of nitriles is 1. The van der Waals surface area contributed by atoms with Crippen LogP contribution in [0.4, 0.5) is 4.39 Å². The molecule has 1 atom stereocenters. The molecule has 0 aliphatic heterocycles. The third-order valence-corrected chi connectivity index (χ3v) is 3.78. The van der Waals surface area contributed by atoms with Crippen molar-refractivity contribution in [3.63, 3.8) is 0 Å². The molecule has 0 aromatic heterocycles. The van der Waals surface area contributed by atoms with Crippen molar-refractivity contribution in [1.29, 1.82) is 5.26 Å². The molecule has 1 nitrogen and oxygen atoms in total. The van der Waals surface area contributed by atoms with E-state index in [1.807, 2.05) is 0 Å². The van der Waals surface area contributed by atoms with E-state index in [9.17, 15) is 4.39 Å². The molecule has 58 valence electrons. The molecule has 0 aliphatic carbocycles. The zero-order valence-corrected chi connectivity index (χ0v) is 7.85. The van der Waals surface area contributed by atoms with Gasteiger partial charge in [0.25, 0.3) is 0 Å². The Balaban J connectivity index is 3.32. The largest absolute Gasteiger partial charge is 0.256 e. The van der Waals surface area contributed by atoms with Gasteiger partial charge in [-0.25, -0.2) is 0 Å². The predicted octanol–water partition coefficient (Wildman–Crippen LogP) is 1.58. The number of alkyl halides is 1. The summed E-state index contributed by atoms with van der Waals surface area (Å²) in [5, 5.41) is 8.25. The van der Waals surface area contributed by atoms with Crippen molar-refractivity contribution in [2.45, 2.75) is 31.7 Å². The fraction of sp³-hybridized carbons (Fsp3) is 0.857. The highest BCUT2D eigenvalue weighted by Gasteiger charge is 2.04. The van der Waals surface area contributed by atoms with Gasteiger partial charge in [-0.3, -0.25) is 4.39 Å². The molecule has 0 fully saturated rings. The minimum absolute atomic E-state index is 0.107. The molecule has 0 bridgehead atoms. The van der Waals surface area contributed by atoms with Crippen LogP contribution in [0.5, 0.6) is 0 Å². The fourth-order valence-corrected chi connectivity index (χ4v) is 2.19. The third-order valence-electron chi connectivity index (χ3n) is 1.76. The molecule has 0 spiro atoms. The van der Waals surface area contributed by atoms with Gasteiger partial charge in [-0.1, -0.05) is 13.3 Å². The standard InChI is InChI=1S/C7H14FNSi/c1-2-7(10-6-8)4-3-5-9/h7H,2-4,6,10H2,1H3. The topological polar surface area (TPSA) is 23.8 Å². The second kappa shape index (κ2) is 6.75. The Morgan fingerprint density at radius 3 is 2.80 bits per heavy atom. The van der Waals surface area contributed by atoms with Gasteiger partial charge < -0.3 is 0 Å². The highest BCUT2D eigenvalue weighted by atomic mass is 28.2. The Morgan fingerprint density at radius 2 is 2.40 bits per heavy atom. The lowest BCUT2D eigenvalue weighted by Gasteiger charge is -2.07. The number of halogens is 1. The monoisotopic (exact) mass is 159 g/mol. The maximum atomic E-state index is 11.8. The van der Waals surface area contributed by atoms with Crippen molar-refractivity contribution in [3.05, 3.63) is 0 Å². The van der Waals surface area contributed by atoms with Crippen molar-refractivity contribution < 1.29 is 4.39 Å². The van der Waals surface area contributed by atoms with E-state index in [2.05, 4.69) is 13.0 Å². The summed E-state index contributed by atoms with van der Waals surface area (Å²) < 4.78 is 11.8. The first-order valence-corrected chi connectivity index (χ1v) is 5.59. The van der Waals surface area contributed by atoms with Crippen LogP contribution in [0, 0.1) is 11.3 Å². The molecule has 0 heterocycles. The molecular formula is C7H14FNSi. The van der Waals surface area contributed by atoms with E-state index in [0.29, 0.717) is 12.0 Å². The van der Waals surface area contributed by atoms with Crippen molar-refractivity contribution in [2.75, 3.05) is 6.30 Å². The molecule has 0 saturated carbocycles. The van der Waals surface area contributed by atoms with Crippen LogP contribution < -0.4 is 0 Å². The zero-order chi connectivity index (χ0) is 7.82. The quantitative estimate of drug-likeness (QED) is 0.559. The summed E-state index contributed by atoms with van der Waals surface area (Å²) in [6.45, 7) is 2.07. The Morgan fingerprint density at radius 1 is 1.70 bits per heavy atom. The number of nitrogens with zero attached hydrogens (tertiary/aromatic N) is 1. The lowest BCUT2D eigenvalue weighted by atomic mass is 10.2. The molecule has 0 amide bonds. The highest BCUT2D eigenvalue weighted by molar-refractivity contribution is 6.37. The van der Waals surface area contributed by atoms with Crippen LogP contribution in [0.1, 0.15) is 26.2 Å². The van der Waals surface area contributed by atoms with E-state index < -0.39 is 9.52 Å². The van der Waals surface area contributed by atoms with E-state index in [4.69, 9.17) is 5.26 Å². The van der Waals surface area contributed by atoms with Crippen LogP contribution in [0.3, 0.4) is 0 Å². The molecule has 0 aromatic carbocycles. The average Bonchev–Trinajstić information content (AvgIpc) is 1.98. The minimum Gasteiger partial charge on any atom is -0.256 e. The summed E-state index contributed by atoms with van der Waals surface area (Å²) in [4.78, 5) is 0. The fourth-order valence-electron chi connectivity index (χ4n) is 0.976. The van der Waals surface area contributed by atoms with Gasteiger partial charge in [0.1, 0.15) is 0 Å². The van der Waals surface area contributed by atoms with Crippen LogP contribution >= 0.6 is 0 Å². The van der Waals surface area contributed by atoms with Crippen molar-refractivity contribution in [3.8, 4) is 6.07 Å². The second-order valence-electron chi connectivity index (χ2n) is 2.45. The summed E-state index contributed by atoms with van der Waals surface area (Å²) in [6, 6.07) is 2.09. The normalized spacial score (nSPS) is 13.7. The lowest BCUT2D eigenvalue weighted by Crippen LogP contribution is -2.04. The maximum Gasteiger partial charge on any atom is 0.0733 e. The van der Waals surface area contributed by atoms with E-state index in [1.54, 1.807) is 0 Å². The van der Waals surface area contributed by atoms with Gasteiger partial charge in [0.2, 0.25) is 0 Å². The predicted molar refractivity (Wildman–Crippen MR) is 43.4 cm³/mol. The Bertz CT molecular complexity index is 111. The van der Waals surface area contributed by atoms with E-state index in [-0.39, 0.29) is 6.30 Å². The summed E-state index contributed by atoms with van der Waals surface area (Å²) in [5.41, 5.74) is 0.560. The van der Waals surface area contributed by atoms with E-state index in [0.717, 1.165) is 12.8 Å². The van der Waals surface area contributed by atoms with Gasteiger partial charge in [-0.05, 0) is 12.0 Å². The number of rotatable bonds is 5. The first-order valence-electron chi connectivity index (χ1n) is 3.78. The Hall–Kier alpha value is -0.363. The van der Waals surface area contributed by atoms with Gasteiger partial charge in [-0.15, -0.1) is 0 Å². The van der Waals surface area contributed by atoms with Gasteiger partial charge in [0.15, 0.2) is 0 Å². The Kier molecular flexibility index (Phi) is 6.51. The van der Waals surface area contributed by atoms with Crippen LogP contribution in [0.15, 0.2) is 0 Å². The van der Waals surface area contributed by atoms with Gasteiger partial charge in [-0.2, -0.15) is 5.26 Å². The molecule has 0 N–H and O–H groups in total. The summed E-state index contributed by atoms with van der Waals surface area (Å²) >= 11 is 0. The lowest BCUT2D eigenvalue weighted by molar-refractivity contribution is 0.580. The van der Waals surface area contributed by atoms with Crippen LogP contribution in [0.25, 0.3) is 0 Å². The molecule has 0 radical (unpaired) electrons. The molecule has 0 saturated heterocycles. The minimum atomic E-state index is -0.502. The average molecular weight is 159 g/mol. The summed E-state index contributed by atoms with van der Waals surface area (Å²) in [6.07, 6.45) is 2.47. The van der Waals surface area contributed by atoms with Crippen molar-refractivity contribution in [1.82, 2.24) is 0 Å². The van der Waals surface area contributed by atoms with Gasteiger partial charge in [0.05, 0.1) is 21.9 Å². The molecule has 1 unspecified atom stereocenters. The van der Waals surface area contributed by atoms with Crippen molar-refractivity contribution >= 4 is 9.52 Å². The molecule has 0 aliphatic rings. The van der Waals surface area contributed by atoms with Crippen LogP contribution in [0.2, 0.25) is 5.54 Å². The number of hydrogen-bond donors (Lipinski definition) is 0. The molecule has 3 heteroatoms. The smallest absolute Gasteiger partial charge is 0.0733 e. The SMILES string of the molecule is CCC(CCC#N)[SiH2]CF.